The Labute approximate surface area is 115 Å². The Morgan fingerprint density at radius 3 is 2.84 bits per heavy atom. The highest BCUT2D eigenvalue weighted by Gasteiger charge is 2.07. The number of hydrogen-bond acceptors (Lipinski definition) is 4. The monoisotopic (exact) mass is 281 g/mol. The molecule has 0 amide bonds. The van der Waals surface area contributed by atoms with E-state index in [9.17, 15) is 9.50 Å². The number of para-hydroxylation sites is 1. The molecule has 102 valence electrons. The van der Waals surface area contributed by atoms with Crippen molar-refractivity contribution >= 4 is 11.3 Å². The van der Waals surface area contributed by atoms with E-state index in [1.54, 1.807) is 29.5 Å². The Morgan fingerprint density at radius 1 is 1.26 bits per heavy atom. The van der Waals surface area contributed by atoms with Gasteiger partial charge in [-0.15, -0.1) is 11.3 Å². The minimum atomic E-state index is -0.667. The largest absolute Gasteiger partial charge is 0.488 e. The number of benzene rings is 1. The Morgan fingerprint density at radius 2 is 2.11 bits per heavy atom. The second-order valence-corrected chi connectivity index (χ2v) is 5.14. The minimum Gasteiger partial charge on any atom is -0.488 e. The first kappa shape index (κ1) is 14.0. The summed E-state index contributed by atoms with van der Waals surface area (Å²) in [6.45, 7) is 1.19. The molecule has 0 saturated heterocycles. The molecule has 0 fully saturated rings. The molecule has 0 aliphatic heterocycles. The lowest BCUT2D eigenvalue weighted by Gasteiger charge is -2.13. The van der Waals surface area contributed by atoms with Gasteiger partial charge in [-0.1, -0.05) is 18.2 Å². The van der Waals surface area contributed by atoms with E-state index in [-0.39, 0.29) is 12.4 Å². The standard InChI is InChI=1S/C14H16FNO2S/c15-13-5-1-2-6-14(13)18-10-11(17)8-16-9-12-4-3-7-19-12/h1-7,11,16-17H,8-10H2. The van der Waals surface area contributed by atoms with Crippen molar-refractivity contribution in [2.75, 3.05) is 13.2 Å². The molecule has 19 heavy (non-hydrogen) atoms. The van der Waals surface area contributed by atoms with E-state index in [1.807, 2.05) is 17.5 Å². The smallest absolute Gasteiger partial charge is 0.165 e. The van der Waals surface area contributed by atoms with Crippen molar-refractivity contribution in [2.24, 2.45) is 0 Å². The van der Waals surface area contributed by atoms with Crippen LogP contribution in [0.5, 0.6) is 5.75 Å². The maximum Gasteiger partial charge on any atom is 0.165 e. The summed E-state index contributed by atoms with van der Waals surface area (Å²) in [5.74, 6) is -0.249. The topological polar surface area (TPSA) is 41.5 Å². The molecular weight excluding hydrogens is 265 g/mol. The summed E-state index contributed by atoms with van der Waals surface area (Å²) in [6, 6.07) is 10.2. The number of nitrogens with one attached hydrogen (secondary N) is 1. The number of hydrogen-bond donors (Lipinski definition) is 2. The van der Waals surface area contributed by atoms with Crippen molar-refractivity contribution in [3.05, 3.63) is 52.5 Å². The van der Waals surface area contributed by atoms with Gasteiger partial charge >= 0.3 is 0 Å². The minimum absolute atomic E-state index is 0.0678. The first-order valence-electron chi connectivity index (χ1n) is 6.04. The highest BCUT2D eigenvalue weighted by molar-refractivity contribution is 7.09. The van der Waals surface area contributed by atoms with Gasteiger partial charge in [-0.25, -0.2) is 4.39 Å². The summed E-state index contributed by atoms with van der Waals surface area (Å²) >= 11 is 1.66. The van der Waals surface area contributed by atoms with Gasteiger partial charge in [0.15, 0.2) is 11.6 Å². The fraction of sp³-hybridized carbons (Fsp3) is 0.286. The van der Waals surface area contributed by atoms with Crippen molar-refractivity contribution in [3.63, 3.8) is 0 Å². The Hall–Kier alpha value is -1.43. The van der Waals surface area contributed by atoms with Crippen LogP contribution in [-0.2, 0) is 6.54 Å². The van der Waals surface area contributed by atoms with Crippen LogP contribution >= 0.6 is 11.3 Å². The maximum atomic E-state index is 13.3. The summed E-state index contributed by atoms with van der Waals surface area (Å²) in [7, 11) is 0. The van der Waals surface area contributed by atoms with Crippen LogP contribution in [0.2, 0.25) is 0 Å². The SMILES string of the molecule is OC(CNCc1cccs1)COc1ccccc1F. The third-order valence-electron chi connectivity index (χ3n) is 2.53. The molecule has 3 nitrogen and oxygen atoms in total. The quantitative estimate of drug-likeness (QED) is 0.819. The number of ether oxygens (including phenoxy) is 1. The molecule has 0 aliphatic carbocycles. The average Bonchev–Trinajstić information content (AvgIpc) is 2.91. The molecule has 1 unspecified atom stereocenters. The van der Waals surface area contributed by atoms with E-state index in [2.05, 4.69) is 5.32 Å². The molecule has 0 radical (unpaired) electrons. The Balaban J connectivity index is 1.67. The van der Waals surface area contributed by atoms with Crippen molar-refractivity contribution in [1.82, 2.24) is 5.32 Å². The maximum absolute atomic E-state index is 13.3. The molecule has 0 aliphatic rings. The van der Waals surface area contributed by atoms with Gasteiger partial charge in [0.05, 0.1) is 0 Å². The predicted molar refractivity (Wildman–Crippen MR) is 73.9 cm³/mol. The second-order valence-electron chi connectivity index (χ2n) is 4.11. The average molecular weight is 281 g/mol. The highest BCUT2D eigenvalue weighted by atomic mass is 32.1. The lowest BCUT2D eigenvalue weighted by molar-refractivity contribution is 0.104. The Kier molecular flexibility index (Phi) is 5.32. The predicted octanol–water partition coefficient (Wildman–Crippen LogP) is 2.42. The number of thiophene rings is 1. The van der Waals surface area contributed by atoms with Gasteiger partial charge in [0.25, 0.3) is 0 Å². The number of rotatable bonds is 7. The Bertz CT molecular complexity index is 490. The van der Waals surface area contributed by atoms with Gasteiger partial charge in [0.1, 0.15) is 12.7 Å². The zero-order valence-corrected chi connectivity index (χ0v) is 11.2. The fourth-order valence-electron chi connectivity index (χ4n) is 1.58. The molecule has 2 aromatic rings. The van der Waals surface area contributed by atoms with Crippen LogP contribution in [0.3, 0.4) is 0 Å². The fourth-order valence-corrected chi connectivity index (χ4v) is 2.26. The first-order valence-corrected chi connectivity index (χ1v) is 6.92. The van der Waals surface area contributed by atoms with Gasteiger partial charge in [-0.05, 0) is 23.6 Å². The van der Waals surface area contributed by atoms with E-state index in [1.165, 1.54) is 10.9 Å². The van der Waals surface area contributed by atoms with Gasteiger partial charge < -0.3 is 15.2 Å². The summed E-state index contributed by atoms with van der Waals surface area (Å²) in [5, 5.41) is 14.9. The number of halogens is 1. The van der Waals surface area contributed by atoms with Crippen LogP contribution in [0.15, 0.2) is 41.8 Å². The normalized spacial score (nSPS) is 12.3. The van der Waals surface area contributed by atoms with Gasteiger partial charge in [0.2, 0.25) is 0 Å². The first-order chi connectivity index (χ1) is 9.25. The van der Waals surface area contributed by atoms with Gasteiger partial charge in [-0.2, -0.15) is 0 Å². The molecular formula is C14H16FNO2S. The van der Waals surface area contributed by atoms with Gasteiger partial charge in [-0.3, -0.25) is 0 Å². The molecule has 2 rings (SSSR count). The second kappa shape index (κ2) is 7.23. The molecule has 2 N–H and O–H groups in total. The summed E-state index contributed by atoms with van der Waals surface area (Å²) < 4.78 is 18.5. The highest BCUT2D eigenvalue weighted by Crippen LogP contribution is 2.15. The zero-order valence-electron chi connectivity index (χ0n) is 10.4. The summed E-state index contributed by atoms with van der Waals surface area (Å²) in [4.78, 5) is 1.21. The van der Waals surface area contributed by atoms with E-state index in [0.717, 1.165) is 0 Å². The van der Waals surface area contributed by atoms with Crippen LogP contribution < -0.4 is 10.1 Å². The van der Waals surface area contributed by atoms with E-state index >= 15 is 0 Å². The van der Waals surface area contributed by atoms with Gasteiger partial charge in [0, 0.05) is 18.0 Å². The molecule has 1 atom stereocenters. The lowest BCUT2D eigenvalue weighted by atomic mass is 10.3. The van der Waals surface area contributed by atoms with Crippen LogP contribution in [0, 0.1) is 5.82 Å². The van der Waals surface area contributed by atoms with Crippen molar-refractivity contribution in [2.45, 2.75) is 12.6 Å². The molecule has 0 spiro atoms. The van der Waals surface area contributed by atoms with Crippen molar-refractivity contribution < 1.29 is 14.2 Å². The van der Waals surface area contributed by atoms with Crippen LogP contribution in [0.1, 0.15) is 4.88 Å². The third kappa shape index (κ3) is 4.63. The number of aliphatic hydroxyl groups excluding tert-OH is 1. The summed E-state index contributed by atoms with van der Waals surface area (Å²) in [5.41, 5.74) is 0. The molecule has 0 bridgehead atoms. The van der Waals surface area contributed by atoms with Crippen LogP contribution in [0.4, 0.5) is 4.39 Å². The lowest BCUT2D eigenvalue weighted by Crippen LogP contribution is -2.31. The number of aliphatic hydroxyl groups is 1. The van der Waals surface area contributed by atoms with E-state index in [4.69, 9.17) is 4.74 Å². The third-order valence-corrected chi connectivity index (χ3v) is 3.40. The van der Waals surface area contributed by atoms with Crippen molar-refractivity contribution in [1.29, 1.82) is 0 Å². The molecule has 1 aromatic carbocycles. The van der Waals surface area contributed by atoms with Crippen LogP contribution in [-0.4, -0.2) is 24.4 Å². The molecule has 5 heteroatoms. The van der Waals surface area contributed by atoms with E-state index in [0.29, 0.717) is 13.1 Å². The van der Waals surface area contributed by atoms with E-state index < -0.39 is 11.9 Å². The molecule has 0 saturated carbocycles. The molecule has 1 heterocycles. The molecule has 1 aromatic heterocycles. The zero-order chi connectivity index (χ0) is 13.5. The van der Waals surface area contributed by atoms with Crippen LogP contribution in [0.25, 0.3) is 0 Å². The summed E-state index contributed by atoms with van der Waals surface area (Å²) in [6.07, 6.45) is -0.667. The van der Waals surface area contributed by atoms with Crippen molar-refractivity contribution in [3.8, 4) is 5.75 Å².